The monoisotopic (exact) mass is 440 g/mol. The maximum Gasteiger partial charge on any atom is 0.573 e. The number of methoxy groups -OCH3 is 1. The third-order valence-corrected chi connectivity index (χ3v) is 4.55. The lowest BCUT2D eigenvalue weighted by atomic mass is 10.2. The number of benzene rings is 2. The third kappa shape index (κ3) is 5.16. The minimum atomic E-state index is -4.84. The second kappa shape index (κ2) is 9.26. The van der Waals surface area contributed by atoms with Gasteiger partial charge in [0.2, 0.25) is 0 Å². The zero-order chi connectivity index (χ0) is 21.7. The molecule has 1 aromatic heterocycles. The molecule has 0 saturated heterocycles. The van der Waals surface area contributed by atoms with E-state index in [-0.39, 0.29) is 17.3 Å². The number of fused-ring (bicyclic) bond motifs is 1. The Balaban J connectivity index is 2.12. The molecule has 0 fully saturated rings. The quantitative estimate of drug-likeness (QED) is 0.479. The van der Waals surface area contributed by atoms with E-state index in [1.807, 2.05) is 6.92 Å². The van der Waals surface area contributed by atoms with Crippen LogP contribution in [0.15, 0.2) is 41.6 Å². The number of aromatic nitrogens is 2. The molecule has 160 valence electrons. The lowest BCUT2D eigenvalue weighted by Gasteiger charge is -2.17. The van der Waals surface area contributed by atoms with Crippen LogP contribution >= 0.6 is 11.9 Å². The number of hydrogen-bond donors (Lipinski definition) is 2. The molecule has 30 heavy (non-hydrogen) atoms. The molecule has 0 aliphatic carbocycles. The van der Waals surface area contributed by atoms with Crippen LogP contribution in [0.4, 0.5) is 24.7 Å². The maximum absolute atomic E-state index is 12.9. The summed E-state index contributed by atoms with van der Waals surface area (Å²) in [4.78, 5) is 9.12. The second-order valence-corrected chi connectivity index (χ2v) is 6.90. The minimum Gasteiger partial charge on any atom is -0.497 e. The first-order chi connectivity index (χ1) is 14.3. The fourth-order valence-corrected chi connectivity index (χ4v) is 3.29. The number of halogens is 3. The highest BCUT2D eigenvalue weighted by molar-refractivity contribution is 7.97. The lowest BCUT2D eigenvalue weighted by Crippen LogP contribution is -2.18. The fraction of sp³-hybridized carbons (Fsp3) is 0.263. The Morgan fingerprint density at radius 2 is 1.90 bits per heavy atom. The van der Waals surface area contributed by atoms with Gasteiger partial charge in [0.05, 0.1) is 30.3 Å². The minimum absolute atomic E-state index is 0.0887. The molecule has 0 atom stereocenters. The van der Waals surface area contributed by atoms with E-state index in [0.717, 1.165) is 0 Å². The van der Waals surface area contributed by atoms with Crippen molar-refractivity contribution in [3.8, 4) is 17.2 Å². The van der Waals surface area contributed by atoms with Crippen LogP contribution in [0.1, 0.15) is 6.92 Å². The number of nitrogens with zero attached hydrogens (tertiary/aromatic N) is 2. The van der Waals surface area contributed by atoms with Crippen molar-refractivity contribution >= 4 is 34.4 Å². The van der Waals surface area contributed by atoms with Crippen LogP contribution in [0.5, 0.6) is 17.2 Å². The average molecular weight is 440 g/mol. The molecule has 0 unspecified atom stereocenters. The average Bonchev–Trinajstić information content (AvgIpc) is 2.69. The van der Waals surface area contributed by atoms with Gasteiger partial charge in [-0.05, 0) is 44.1 Å². The van der Waals surface area contributed by atoms with Gasteiger partial charge < -0.3 is 19.5 Å². The molecule has 11 heteroatoms. The van der Waals surface area contributed by atoms with E-state index in [9.17, 15) is 13.2 Å². The summed E-state index contributed by atoms with van der Waals surface area (Å²) in [6.45, 7) is 2.18. The Kier molecular flexibility index (Phi) is 6.73. The van der Waals surface area contributed by atoms with E-state index in [4.69, 9.17) is 9.47 Å². The summed E-state index contributed by atoms with van der Waals surface area (Å²) in [5, 5.41) is 3.44. The molecule has 0 aliphatic rings. The van der Waals surface area contributed by atoms with Crippen molar-refractivity contribution in [1.29, 1.82) is 0 Å². The van der Waals surface area contributed by atoms with Crippen LogP contribution in [-0.2, 0) is 0 Å². The molecule has 3 aromatic rings. The first-order valence-corrected chi connectivity index (χ1v) is 9.62. The summed E-state index contributed by atoms with van der Waals surface area (Å²) in [5.74, 6) is 0.851. The van der Waals surface area contributed by atoms with Crippen LogP contribution in [0.3, 0.4) is 0 Å². The topological polar surface area (TPSA) is 77.5 Å². The second-order valence-electron chi connectivity index (χ2n) is 5.81. The Bertz CT molecular complexity index is 1030. The molecule has 3 rings (SSSR count). The highest BCUT2D eigenvalue weighted by Crippen LogP contribution is 2.39. The van der Waals surface area contributed by atoms with Crippen molar-refractivity contribution in [3.63, 3.8) is 0 Å². The summed E-state index contributed by atoms with van der Waals surface area (Å²) in [5.41, 5.74) is 0.597. The molecule has 0 bridgehead atoms. The SMILES string of the molecule is CCOc1cc(OC)cc2ncnc(Nc3cc(SNC)ccc3OC(F)(F)F)c12. The van der Waals surface area contributed by atoms with Gasteiger partial charge in [-0.1, -0.05) is 0 Å². The van der Waals surface area contributed by atoms with E-state index in [2.05, 4.69) is 24.7 Å². The standard InChI is InChI=1S/C19H19F3N4O3S/c1-4-28-16-8-11(27-3)7-14-17(16)18(25-10-24-14)26-13-9-12(30-23-2)5-6-15(13)29-19(20,21)22/h5-10,23H,4H2,1-3H3,(H,24,25,26). The van der Waals surface area contributed by atoms with Crippen LogP contribution in [0, 0.1) is 0 Å². The van der Waals surface area contributed by atoms with Gasteiger partial charge in [0.1, 0.15) is 23.6 Å². The zero-order valence-corrected chi connectivity index (χ0v) is 17.1. The molecule has 1 heterocycles. The molecular formula is C19H19F3N4O3S. The van der Waals surface area contributed by atoms with Crippen LogP contribution in [-0.4, -0.2) is 37.1 Å². The van der Waals surface area contributed by atoms with Crippen molar-refractivity contribution < 1.29 is 27.4 Å². The maximum atomic E-state index is 12.9. The van der Waals surface area contributed by atoms with Gasteiger partial charge in [0.25, 0.3) is 0 Å². The van der Waals surface area contributed by atoms with Gasteiger partial charge in [-0.2, -0.15) is 0 Å². The van der Waals surface area contributed by atoms with E-state index in [1.54, 1.807) is 19.2 Å². The number of ether oxygens (including phenoxy) is 3. The largest absolute Gasteiger partial charge is 0.573 e. The van der Waals surface area contributed by atoms with Gasteiger partial charge in [0, 0.05) is 17.0 Å². The molecule has 0 aliphatic heterocycles. The Hall–Kier alpha value is -2.92. The summed E-state index contributed by atoms with van der Waals surface area (Å²) in [6.07, 6.45) is -3.54. The zero-order valence-electron chi connectivity index (χ0n) is 16.3. The first-order valence-electron chi connectivity index (χ1n) is 8.80. The highest BCUT2D eigenvalue weighted by Gasteiger charge is 2.32. The summed E-state index contributed by atoms with van der Waals surface area (Å²) in [7, 11) is 3.22. The molecule has 0 saturated carbocycles. The van der Waals surface area contributed by atoms with Gasteiger partial charge in [0.15, 0.2) is 5.75 Å². The van der Waals surface area contributed by atoms with Gasteiger partial charge in [-0.3, -0.25) is 4.72 Å². The number of hydrogen-bond acceptors (Lipinski definition) is 8. The van der Waals surface area contributed by atoms with Crippen LogP contribution in [0.25, 0.3) is 10.9 Å². The normalized spacial score (nSPS) is 11.4. The molecule has 0 spiro atoms. The third-order valence-electron chi connectivity index (χ3n) is 3.86. The van der Waals surface area contributed by atoms with Crippen molar-refractivity contribution in [2.45, 2.75) is 18.2 Å². The van der Waals surface area contributed by atoms with E-state index in [1.165, 1.54) is 43.6 Å². The van der Waals surface area contributed by atoms with Crippen molar-refractivity contribution in [2.24, 2.45) is 0 Å². The van der Waals surface area contributed by atoms with E-state index in [0.29, 0.717) is 33.9 Å². The Labute approximate surface area is 175 Å². The fourth-order valence-electron chi connectivity index (χ4n) is 2.74. The van der Waals surface area contributed by atoms with Gasteiger partial charge in [-0.15, -0.1) is 13.2 Å². The molecule has 0 amide bonds. The van der Waals surface area contributed by atoms with Crippen molar-refractivity contribution in [3.05, 3.63) is 36.7 Å². The van der Waals surface area contributed by atoms with Crippen molar-refractivity contribution in [1.82, 2.24) is 14.7 Å². The Morgan fingerprint density at radius 3 is 2.57 bits per heavy atom. The summed E-state index contributed by atoms with van der Waals surface area (Å²) >= 11 is 1.25. The Morgan fingerprint density at radius 1 is 1.10 bits per heavy atom. The molecular weight excluding hydrogens is 421 g/mol. The molecule has 2 aromatic carbocycles. The van der Waals surface area contributed by atoms with Crippen LogP contribution < -0.4 is 24.2 Å². The number of rotatable bonds is 8. The summed E-state index contributed by atoms with van der Waals surface area (Å²) in [6, 6.07) is 7.64. The lowest BCUT2D eigenvalue weighted by molar-refractivity contribution is -0.274. The summed E-state index contributed by atoms with van der Waals surface area (Å²) < 4.78 is 56.7. The van der Waals surface area contributed by atoms with Gasteiger partial charge in [-0.25, -0.2) is 9.97 Å². The smallest absolute Gasteiger partial charge is 0.497 e. The van der Waals surface area contributed by atoms with Crippen molar-refractivity contribution in [2.75, 3.05) is 26.1 Å². The molecule has 0 radical (unpaired) electrons. The van der Waals surface area contributed by atoms with Crippen LogP contribution in [0.2, 0.25) is 0 Å². The number of anilines is 2. The molecule has 2 N–H and O–H groups in total. The van der Waals surface area contributed by atoms with E-state index < -0.39 is 6.36 Å². The van der Waals surface area contributed by atoms with Gasteiger partial charge >= 0.3 is 6.36 Å². The first kappa shape index (κ1) is 21.8. The predicted octanol–water partition coefficient (Wildman–Crippen LogP) is 4.91. The number of alkyl halides is 3. The predicted molar refractivity (Wildman–Crippen MR) is 109 cm³/mol. The molecule has 7 nitrogen and oxygen atoms in total. The number of nitrogens with one attached hydrogen (secondary N) is 2. The highest BCUT2D eigenvalue weighted by atomic mass is 32.2. The van der Waals surface area contributed by atoms with E-state index >= 15 is 0 Å².